The van der Waals surface area contributed by atoms with E-state index < -0.39 is 6.03 Å². The van der Waals surface area contributed by atoms with E-state index in [4.69, 9.17) is 17.3 Å². The number of halogens is 1. The highest BCUT2D eigenvalue weighted by Gasteiger charge is 2.28. The standard InChI is InChI=1S/C10H10ClN3O2/c11-7-1-2-8(12)6(3-7)5-14-9(15)4-13-10(14)16/h1-3H,4-5,12H2,(H,13,16). The normalized spacial score (nSPS) is 15.4. The largest absolute Gasteiger partial charge is 0.398 e. The summed E-state index contributed by atoms with van der Waals surface area (Å²) in [5.74, 6) is -0.260. The summed E-state index contributed by atoms with van der Waals surface area (Å²) in [4.78, 5) is 23.8. The Morgan fingerprint density at radius 2 is 2.19 bits per heavy atom. The number of anilines is 1. The number of urea groups is 1. The Hall–Kier alpha value is -1.75. The molecule has 84 valence electrons. The molecule has 1 fully saturated rings. The van der Waals surface area contributed by atoms with Gasteiger partial charge in [-0.25, -0.2) is 4.79 Å². The Labute approximate surface area is 97.2 Å². The van der Waals surface area contributed by atoms with Crippen LogP contribution in [-0.2, 0) is 11.3 Å². The lowest BCUT2D eigenvalue weighted by Crippen LogP contribution is -2.30. The molecule has 1 aromatic rings. The molecule has 1 aromatic carbocycles. The van der Waals surface area contributed by atoms with E-state index in [9.17, 15) is 9.59 Å². The van der Waals surface area contributed by atoms with Crippen LogP contribution in [0.5, 0.6) is 0 Å². The maximum absolute atomic E-state index is 11.4. The molecule has 5 nitrogen and oxygen atoms in total. The van der Waals surface area contributed by atoms with Crippen molar-refractivity contribution in [3.63, 3.8) is 0 Å². The van der Waals surface area contributed by atoms with Crippen molar-refractivity contribution < 1.29 is 9.59 Å². The van der Waals surface area contributed by atoms with Crippen LogP contribution in [0.2, 0.25) is 5.02 Å². The Bertz CT molecular complexity index is 445. The molecular formula is C10H10ClN3O2. The number of nitrogen functional groups attached to an aromatic ring is 1. The molecule has 0 spiro atoms. The second kappa shape index (κ2) is 4.02. The van der Waals surface area contributed by atoms with Crippen molar-refractivity contribution in [2.75, 3.05) is 12.3 Å². The van der Waals surface area contributed by atoms with E-state index in [-0.39, 0.29) is 19.0 Å². The number of amides is 3. The summed E-state index contributed by atoms with van der Waals surface area (Å²) in [6, 6.07) is 4.56. The number of carbonyl (C=O) groups is 2. The molecule has 0 bridgehead atoms. The smallest absolute Gasteiger partial charge is 0.324 e. The molecular weight excluding hydrogens is 230 g/mol. The lowest BCUT2D eigenvalue weighted by atomic mass is 10.1. The van der Waals surface area contributed by atoms with E-state index in [1.165, 1.54) is 0 Å². The molecule has 3 N–H and O–H groups in total. The van der Waals surface area contributed by atoms with Gasteiger partial charge in [0.25, 0.3) is 0 Å². The maximum Gasteiger partial charge on any atom is 0.324 e. The second-order valence-electron chi connectivity index (χ2n) is 3.48. The van der Waals surface area contributed by atoms with Crippen LogP contribution < -0.4 is 11.1 Å². The fraction of sp³-hybridized carbons (Fsp3) is 0.200. The van der Waals surface area contributed by atoms with E-state index in [0.717, 1.165) is 4.90 Å². The summed E-state index contributed by atoms with van der Waals surface area (Å²) in [5.41, 5.74) is 6.91. The summed E-state index contributed by atoms with van der Waals surface area (Å²) >= 11 is 5.82. The van der Waals surface area contributed by atoms with Crippen molar-refractivity contribution in [1.29, 1.82) is 0 Å². The van der Waals surface area contributed by atoms with Gasteiger partial charge in [-0.3, -0.25) is 9.69 Å². The Balaban J connectivity index is 2.23. The molecule has 1 aliphatic rings. The summed E-state index contributed by atoms with van der Waals surface area (Å²) in [6.45, 7) is 0.191. The van der Waals surface area contributed by atoms with Gasteiger partial charge in [0, 0.05) is 10.7 Å². The van der Waals surface area contributed by atoms with Gasteiger partial charge < -0.3 is 11.1 Å². The van der Waals surface area contributed by atoms with Crippen LogP contribution in [0.1, 0.15) is 5.56 Å². The molecule has 6 heteroatoms. The molecule has 1 aliphatic heterocycles. The van der Waals surface area contributed by atoms with Crippen LogP contribution in [0.4, 0.5) is 10.5 Å². The Morgan fingerprint density at radius 3 is 2.81 bits per heavy atom. The van der Waals surface area contributed by atoms with Gasteiger partial charge in [-0.1, -0.05) is 11.6 Å². The van der Waals surface area contributed by atoms with Crippen LogP contribution >= 0.6 is 11.6 Å². The van der Waals surface area contributed by atoms with E-state index >= 15 is 0 Å². The summed E-state index contributed by atoms with van der Waals surface area (Å²) in [5, 5.41) is 2.96. The third-order valence-corrected chi connectivity index (χ3v) is 2.61. The number of hydrogen-bond acceptors (Lipinski definition) is 3. The van der Waals surface area contributed by atoms with E-state index in [1.54, 1.807) is 18.2 Å². The first-order valence-corrected chi connectivity index (χ1v) is 5.08. The van der Waals surface area contributed by atoms with Crippen molar-refractivity contribution in [3.8, 4) is 0 Å². The SMILES string of the molecule is Nc1ccc(Cl)cc1CN1C(=O)CNC1=O. The maximum atomic E-state index is 11.4. The zero-order valence-electron chi connectivity index (χ0n) is 8.37. The molecule has 1 heterocycles. The van der Waals surface area contributed by atoms with Gasteiger partial charge in [0.1, 0.15) is 0 Å². The lowest BCUT2D eigenvalue weighted by molar-refractivity contribution is -0.125. The van der Waals surface area contributed by atoms with Crippen LogP contribution in [0.3, 0.4) is 0 Å². The topological polar surface area (TPSA) is 75.4 Å². The van der Waals surface area contributed by atoms with Crippen molar-refractivity contribution in [1.82, 2.24) is 10.2 Å². The molecule has 0 aliphatic carbocycles. The quantitative estimate of drug-likeness (QED) is 0.597. The number of benzene rings is 1. The van der Waals surface area contributed by atoms with Crippen molar-refractivity contribution in [2.24, 2.45) is 0 Å². The lowest BCUT2D eigenvalue weighted by Gasteiger charge is -2.14. The fourth-order valence-corrected chi connectivity index (χ4v) is 1.69. The number of carbonyl (C=O) groups excluding carboxylic acids is 2. The molecule has 1 saturated heterocycles. The minimum Gasteiger partial charge on any atom is -0.398 e. The minimum absolute atomic E-state index is 0.0410. The van der Waals surface area contributed by atoms with E-state index in [1.807, 2.05) is 0 Å². The predicted molar refractivity (Wildman–Crippen MR) is 59.8 cm³/mol. The number of imide groups is 1. The highest BCUT2D eigenvalue weighted by atomic mass is 35.5. The third-order valence-electron chi connectivity index (χ3n) is 2.37. The van der Waals surface area contributed by atoms with Gasteiger partial charge >= 0.3 is 6.03 Å². The molecule has 0 atom stereocenters. The molecule has 16 heavy (non-hydrogen) atoms. The van der Waals surface area contributed by atoms with Gasteiger partial charge in [0.15, 0.2) is 0 Å². The average Bonchev–Trinajstić information content (AvgIpc) is 2.55. The number of rotatable bonds is 2. The number of nitrogens with two attached hydrogens (primary N) is 1. The van der Waals surface area contributed by atoms with Crippen molar-refractivity contribution >= 4 is 29.2 Å². The first-order chi connectivity index (χ1) is 7.58. The van der Waals surface area contributed by atoms with Crippen LogP contribution in [0.25, 0.3) is 0 Å². The molecule has 0 aromatic heterocycles. The Morgan fingerprint density at radius 1 is 1.44 bits per heavy atom. The van der Waals surface area contributed by atoms with Gasteiger partial charge in [-0.05, 0) is 23.8 Å². The van der Waals surface area contributed by atoms with Gasteiger partial charge in [-0.2, -0.15) is 0 Å². The third kappa shape index (κ3) is 1.94. The van der Waals surface area contributed by atoms with E-state index in [2.05, 4.69) is 5.32 Å². The number of nitrogens with one attached hydrogen (secondary N) is 1. The first-order valence-electron chi connectivity index (χ1n) is 4.70. The summed E-state index contributed by atoms with van der Waals surface area (Å²) < 4.78 is 0. The molecule has 0 saturated carbocycles. The van der Waals surface area contributed by atoms with Gasteiger partial charge in [0.05, 0.1) is 13.1 Å². The number of hydrogen-bond donors (Lipinski definition) is 2. The van der Waals surface area contributed by atoms with Gasteiger partial charge in [-0.15, -0.1) is 0 Å². The molecule has 3 amide bonds. The fourth-order valence-electron chi connectivity index (χ4n) is 1.50. The Kier molecular flexibility index (Phi) is 2.70. The highest BCUT2D eigenvalue weighted by molar-refractivity contribution is 6.30. The second-order valence-corrected chi connectivity index (χ2v) is 3.92. The predicted octanol–water partition coefficient (Wildman–Crippen LogP) is 0.974. The van der Waals surface area contributed by atoms with Crippen LogP contribution in [-0.4, -0.2) is 23.4 Å². The van der Waals surface area contributed by atoms with Crippen LogP contribution in [0, 0.1) is 0 Å². The van der Waals surface area contributed by atoms with Crippen molar-refractivity contribution in [3.05, 3.63) is 28.8 Å². The van der Waals surface area contributed by atoms with Gasteiger partial charge in [0.2, 0.25) is 5.91 Å². The first kappa shape index (κ1) is 10.8. The summed E-state index contributed by atoms with van der Waals surface area (Å²) in [7, 11) is 0. The molecule has 2 rings (SSSR count). The summed E-state index contributed by atoms with van der Waals surface area (Å²) in [6.07, 6.45) is 0. The minimum atomic E-state index is -0.399. The zero-order chi connectivity index (χ0) is 11.7. The highest BCUT2D eigenvalue weighted by Crippen LogP contribution is 2.20. The average molecular weight is 240 g/mol. The molecule has 0 radical (unpaired) electrons. The van der Waals surface area contributed by atoms with Crippen molar-refractivity contribution in [2.45, 2.75) is 6.54 Å². The van der Waals surface area contributed by atoms with E-state index in [0.29, 0.717) is 16.3 Å². The van der Waals surface area contributed by atoms with Crippen LogP contribution in [0.15, 0.2) is 18.2 Å². The zero-order valence-corrected chi connectivity index (χ0v) is 9.12. The number of nitrogens with zero attached hydrogens (tertiary/aromatic N) is 1. The monoisotopic (exact) mass is 239 g/mol. The molecule has 0 unspecified atom stereocenters.